The van der Waals surface area contributed by atoms with Crippen LogP contribution in [-0.2, 0) is 19.6 Å². The maximum atomic E-state index is 13.3. The molecule has 2 amide bonds. The van der Waals surface area contributed by atoms with Crippen molar-refractivity contribution < 1.29 is 18.0 Å². The van der Waals surface area contributed by atoms with Crippen LogP contribution < -0.4 is 21.5 Å². The smallest absolute Gasteiger partial charge is 0.325 e. The van der Waals surface area contributed by atoms with E-state index in [9.17, 15) is 27.6 Å². The zero-order chi connectivity index (χ0) is 24.5. The van der Waals surface area contributed by atoms with Gasteiger partial charge in [-0.15, -0.1) is 0 Å². The first-order valence-corrected chi connectivity index (χ1v) is 12.3. The minimum atomic E-state index is -4.46. The van der Waals surface area contributed by atoms with Gasteiger partial charge in [0, 0.05) is 50.6 Å². The highest BCUT2D eigenvalue weighted by molar-refractivity contribution is 7.89. The number of carbonyl (C=O) groups excluding carboxylic acids is 2. The molecule has 12 nitrogen and oxygen atoms in total. The number of amides is 2. The van der Waals surface area contributed by atoms with E-state index in [0.717, 1.165) is 9.99 Å². The van der Waals surface area contributed by atoms with Gasteiger partial charge in [0.15, 0.2) is 4.90 Å². The van der Waals surface area contributed by atoms with Crippen LogP contribution in [0.15, 0.2) is 44.8 Å². The Bertz CT molecular complexity index is 1300. The number of aromatic nitrogens is 2. The topological polar surface area (TPSA) is 156 Å². The van der Waals surface area contributed by atoms with Gasteiger partial charge in [0.1, 0.15) is 6.04 Å². The highest BCUT2D eigenvalue weighted by Crippen LogP contribution is 2.22. The maximum absolute atomic E-state index is 13.3. The third-order valence-corrected chi connectivity index (χ3v) is 8.11. The van der Waals surface area contributed by atoms with Crippen LogP contribution in [0.4, 0.5) is 5.69 Å². The van der Waals surface area contributed by atoms with E-state index in [4.69, 9.17) is 0 Å². The Morgan fingerprint density at radius 1 is 1.00 bits per heavy atom. The van der Waals surface area contributed by atoms with E-state index in [0.29, 0.717) is 26.2 Å². The second kappa shape index (κ2) is 9.43. The van der Waals surface area contributed by atoms with Gasteiger partial charge in [0.2, 0.25) is 11.8 Å². The lowest BCUT2D eigenvalue weighted by atomic mass is 10.1. The van der Waals surface area contributed by atoms with Crippen molar-refractivity contribution >= 4 is 27.5 Å². The molecule has 2 aliphatic rings. The molecule has 0 spiro atoms. The monoisotopic (exact) mass is 490 g/mol. The molecule has 34 heavy (non-hydrogen) atoms. The summed E-state index contributed by atoms with van der Waals surface area (Å²) in [6.45, 7) is 3.33. The van der Waals surface area contributed by atoms with E-state index < -0.39 is 38.1 Å². The molecule has 13 heteroatoms. The van der Waals surface area contributed by atoms with Crippen molar-refractivity contribution in [3.05, 3.63) is 56.9 Å². The molecule has 0 radical (unpaired) electrons. The number of nitrogens with zero attached hydrogens (tertiary/aromatic N) is 3. The third kappa shape index (κ3) is 4.61. The van der Waals surface area contributed by atoms with Crippen LogP contribution in [-0.4, -0.2) is 84.7 Å². The Kier molecular flexibility index (Phi) is 6.57. The number of hydrogen-bond donors (Lipinski definition) is 3. The number of aromatic amines is 2. The van der Waals surface area contributed by atoms with Crippen LogP contribution in [0, 0.1) is 6.92 Å². The molecule has 182 valence electrons. The lowest BCUT2D eigenvalue weighted by Crippen LogP contribution is -2.59. The highest BCUT2D eigenvalue weighted by atomic mass is 32.2. The Labute approximate surface area is 195 Å². The van der Waals surface area contributed by atoms with Gasteiger partial charge in [-0.3, -0.25) is 19.4 Å². The van der Waals surface area contributed by atoms with Crippen LogP contribution in [0.1, 0.15) is 12.1 Å². The molecule has 0 saturated carbocycles. The van der Waals surface area contributed by atoms with Crippen LogP contribution in [0.25, 0.3) is 0 Å². The quantitative estimate of drug-likeness (QED) is 0.465. The first-order chi connectivity index (χ1) is 16.2. The Hall–Kier alpha value is -3.45. The van der Waals surface area contributed by atoms with Crippen LogP contribution in [0.3, 0.4) is 0 Å². The average Bonchev–Trinajstić information content (AvgIpc) is 2.80. The average molecular weight is 491 g/mol. The number of nitrogens with one attached hydrogen (secondary N) is 3. The summed E-state index contributed by atoms with van der Waals surface area (Å²) < 4.78 is 27.5. The van der Waals surface area contributed by atoms with E-state index >= 15 is 0 Å². The van der Waals surface area contributed by atoms with Crippen molar-refractivity contribution in [3.63, 3.8) is 0 Å². The number of anilines is 1. The molecule has 0 unspecified atom stereocenters. The summed E-state index contributed by atoms with van der Waals surface area (Å²) in [7, 11) is -4.46. The van der Waals surface area contributed by atoms with Gasteiger partial charge in [0.25, 0.3) is 15.6 Å². The summed E-state index contributed by atoms with van der Waals surface area (Å²) in [4.78, 5) is 56.7. The zero-order valence-corrected chi connectivity index (χ0v) is 19.4. The predicted octanol–water partition coefficient (Wildman–Crippen LogP) is -1.40. The molecule has 1 aromatic heterocycles. The molecule has 4 rings (SSSR count). The number of para-hydroxylation sites is 1. The molecule has 1 aromatic carbocycles. The van der Waals surface area contributed by atoms with Gasteiger partial charge >= 0.3 is 5.69 Å². The van der Waals surface area contributed by atoms with Gasteiger partial charge in [-0.2, -0.15) is 4.31 Å². The van der Waals surface area contributed by atoms with E-state index in [1.165, 1.54) is 6.92 Å². The Balaban J connectivity index is 1.51. The molecule has 3 N–H and O–H groups in total. The first-order valence-electron chi connectivity index (χ1n) is 10.9. The molecular weight excluding hydrogens is 464 g/mol. The third-order valence-electron chi connectivity index (χ3n) is 6.04. The van der Waals surface area contributed by atoms with Crippen LogP contribution in [0.2, 0.25) is 0 Å². The molecule has 2 aromatic rings. The van der Waals surface area contributed by atoms with Gasteiger partial charge in [0.05, 0.1) is 6.42 Å². The van der Waals surface area contributed by atoms with Crippen molar-refractivity contribution in [2.24, 2.45) is 0 Å². The van der Waals surface area contributed by atoms with Crippen molar-refractivity contribution in [2.45, 2.75) is 24.3 Å². The summed E-state index contributed by atoms with van der Waals surface area (Å²) in [6, 6.07) is 8.50. The number of carbonyl (C=O) groups is 2. The predicted molar refractivity (Wildman–Crippen MR) is 123 cm³/mol. The van der Waals surface area contributed by atoms with Crippen molar-refractivity contribution in [1.29, 1.82) is 0 Å². The Morgan fingerprint density at radius 2 is 1.68 bits per heavy atom. The van der Waals surface area contributed by atoms with Gasteiger partial charge in [-0.25, -0.2) is 13.2 Å². The second-order valence-corrected chi connectivity index (χ2v) is 10.0. The van der Waals surface area contributed by atoms with E-state index in [2.05, 4.69) is 15.2 Å². The standard InChI is InChI=1S/C21H26N6O6S/c1-14-18(20(30)24-21(31)23-14)34(32,33)27-8-7-22-19(29)16(27)13-17(28)26-11-9-25(10-12-26)15-5-3-2-4-6-15/h2-6,16H,7-13H2,1H3,(H,22,29)(H2,23,24,30,31)/t16-/m1/s1. The number of piperazine rings is 2. The number of H-pyrrole nitrogens is 2. The minimum Gasteiger partial charge on any atom is -0.368 e. The zero-order valence-electron chi connectivity index (χ0n) is 18.6. The fraction of sp³-hybridized carbons (Fsp3) is 0.429. The lowest BCUT2D eigenvalue weighted by molar-refractivity contribution is -0.137. The SMILES string of the molecule is Cc1[nH]c(=O)[nH]c(=O)c1S(=O)(=O)N1CCNC(=O)[C@H]1CC(=O)N1CCN(c2ccccc2)CC1. The molecule has 1 atom stereocenters. The highest BCUT2D eigenvalue weighted by Gasteiger charge is 2.42. The summed E-state index contributed by atoms with van der Waals surface area (Å²) in [6.07, 6.45) is -0.350. The normalized spacial score (nSPS) is 19.7. The van der Waals surface area contributed by atoms with Crippen molar-refractivity contribution in [3.8, 4) is 0 Å². The number of benzene rings is 1. The lowest BCUT2D eigenvalue weighted by Gasteiger charge is -2.38. The molecule has 2 saturated heterocycles. The Morgan fingerprint density at radius 3 is 2.32 bits per heavy atom. The number of hydrogen-bond acceptors (Lipinski definition) is 7. The fourth-order valence-electron chi connectivity index (χ4n) is 4.34. The molecule has 2 aliphatic heterocycles. The number of sulfonamides is 1. The molecule has 2 fully saturated rings. The fourth-order valence-corrected chi connectivity index (χ4v) is 6.13. The summed E-state index contributed by atoms with van der Waals surface area (Å²) in [5.41, 5.74) is -0.990. The van der Waals surface area contributed by atoms with E-state index in [1.807, 2.05) is 35.3 Å². The summed E-state index contributed by atoms with van der Waals surface area (Å²) in [5.74, 6) is -0.952. The first kappa shape index (κ1) is 23.7. The number of aryl methyl sites for hydroxylation is 1. The minimum absolute atomic E-state index is 0.0405. The van der Waals surface area contributed by atoms with Crippen LogP contribution >= 0.6 is 0 Å². The van der Waals surface area contributed by atoms with Crippen LogP contribution in [0.5, 0.6) is 0 Å². The second-order valence-electron chi connectivity index (χ2n) is 8.19. The van der Waals surface area contributed by atoms with Gasteiger partial charge in [-0.1, -0.05) is 18.2 Å². The largest absolute Gasteiger partial charge is 0.368 e. The number of rotatable bonds is 5. The molecule has 3 heterocycles. The molecule has 0 aliphatic carbocycles. The van der Waals surface area contributed by atoms with Gasteiger partial charge in [-0.05, 0) is 19.1 Å². The maximum Gasteiger partial charge on any atom is 0.325 e. The van der Waals surface area contributed by atoms with Crippen molar-refractivity contribution in [1.82, 2.24) is 24.5 Å². The molecular formula is C21H26N6O6S. The molecule has 0 bridgehead atoms. The summed E-state index contributed by atoms with van der Waals surface area (Å²) >= 11 is 0. The van der Waals surface area contributed by atoms with E-state index in [-0.39, 0.29) is 31.1 Å². The van der Waals surface area contributed by atoms with Crippen molar-refractivity contribution in [2.75, 3.05) is 44.2 Å². The summed E-state index contributed by atoms with van der Waals surface area (Å²) in [5, 5.41) is 2.59. The van der Waals surface area contributed by atoms with Gasteiger partial charge < -0.3 is 20.1 Å². The van der Waals surface area contributed by atoms with E-state index in [1.54, 1.807) is 4.90 Å².